The molecule has 2 amide bonds. The normalized spacial score (nSPS) is 18.9. The number of halogens is 2. The van der Waals surface area contributed by atoms with Gasteiger partial charge in [-0.05, 0) is 45.2 Å². The Balaban J connectivity index is 0.00000210. The number of carbonyl (C=O) groups excluding carboxylic acids is 2. The molecule has 0 saturated carbocycles. The van der Waals surface area contributed by atoms with Gasteiger partial charge >= 0.3 is 0 Å². The molecule has 3 N–H and O–H groups in total. The Morgan fingerprint density at radius 2 is 2.00 bits per heavy atom. The van der Waals surface area contributed by atoms with Crippen LogP contribution in [0.4, 0.5) is 8.78 Å². The number of fused-ring (bicyclic) bond motifs is 1. The highest BCUT2D eigenvalue weighted by Crippen LogP contribution is 2.29. The average molecular weight is 376 g/mol. The Bertz CT molecular complexity index is 900. The van der Waals surface area contributed by atoms with Gasteiger partial charge in [0.05, 0.1) is 12.0 Å². The third kappa shape index (κ3) is 3.77. The molecule has 0 unspecified atom stereocenters. The molecule has 7 heteroatoms. The largest absolute Gasteiger partial charge is 0.365 e. The quantitative estimate of drug-likeness (QED) is 0.756. The fourth-order valence-electron chi connectivity index (χ4n) is 3.06. The molecule has 2 atom stereocenters. The van der Waals surface area contributed by atoms with Gasteiger partial charge in [-0.1, -0.05) is 6.07 Å². The lowest BCUT2D eigenvalue weighted by atomic mass is 9.89. The van der Waals surface area contributed by atoms with Crippen molar-refractivity contribution in [1.82, 2.24) is 16.0 Å². The summed E-state index contributed by atoms with van der Waals surface area (Å²) in [6, 6.07) is 3.21. The highest BCUT2D eigenvalue weighted by atomic mass is 19.1. The Labute approximate surface area is 159 Å². The zero-order valence-corrected chi connectivity index (χ0v) is 15.2. The van der Waals surface area contributed by atoms with Crippen molar-refractivity contribution in [2.24, 2.45) is 5.92 Å². The van der Waals surface area contributed by atoms with E-state index in [1.165, 1.54) is 6.07 Å². The van der Waals surface area contributed by atoms with Crippen LogP contribution in [0.5, 0.6) is 0 Å². The zero-order valence-electron chi connectivity index (χ0n) is 15.2. The van der Waals surface area contributed by atoms with Crippen LogP contribution in [0.1, 0.15) is 35.2 Å². The number of amides is 2. The summed E-state index contributed by atoms with van der Waals surface area (Å²) in [5.41, 5.74) is 2.16. The van der Waals surface area contributed by atoms with E-state index in [4.69, 9.17) is 0 Å². The number of nitrogens with one attached hydrogen (secondary N) is 3. The summed E-state index contributed by atoms with van der Waals surface area (Å²) in [5.74, 6) is -2.93. The van der Waals surface area contributed by atoms with E-state index in [2.05, 4.69) is 16.0 Å². The number of hydrogen-bond donors (Lipinski definition) is 3. The maximum Gasteiger partial charge on any atom is 0.249 e. The molecule has 0 spiro atoms. The molecular formula is C20H24F2N3O2. The van der Waals surface area contributed by atoms with Crippen LogP contribution in [0.15, 0.2) is 53.4 Å². The van der Waals surface area contributed by atoms with Crippen molar-refractivity contribution in [3.8, 4) is 0 Å². The van der Waals surface area contributed by atoms with Crippen molar-refractivity contribution in [3.63, 3.8) is 0 Å². The minimum absolute atomic E-state index is 0. The third-order valence-corrected chi connectivity index (χ3v) is 4.70. The van der Waals surface area contributed by atoms with Crippen molar-refractivity contribution in [1.29, 1.82) is 0 Å². The van der Waals surface area contributed by atoms with E-state index in [-0.39, 0.29) is 14.3 Å². The fraction of sp³-hybridized carbons (Fsp3) is 0.250. The Kier molecular flexibility index (Phi) is 5.12. The number of dihydropyridines is 1. The Hall–Kier alpha value is -2.96. The minimum Gasteiger partial charge on any atom is -0.365 e. The van der Waals surface area contributed by atoms with Crippen LogP contribution in [0.2, 0.25) is 0 Å². The van der Waals surface area contributed by atoms with Crippen LogP contribution < -0.4 is 16.0 Å². The standard InChI is InChI=1S/C20H20F2N3O2.2H2/c1-10(15-9-16-11(2)23-7-6-18(16)25-20(15)27)19(26)24-12(3)14-5-4-13(21)8-17(14)22;;/h4-10,12,23H,1-3H3,(H,24,26)(H,25,27);2*1H/t10-,12-;;/m0../s1. The molecule has 0 fully saturated rings. The molecular weight excluding hydrogens is 352 g/mol. The molecule has 2 aliphatic rings. The van der Waals surface area contributed by atoms with Gasteiger partial charge in [0.2, 0.25) is 11.8 Å². The summed E-state index contributed by atoms with van der Waals surface area (Å²) >= 11 is 0. The molecule has 1 aromatic carbocycles. The summed E-state index contributed by atoms with van der Waals surface area (Å²) in [5, 5.41) is 8.52. The third-order valence-electron chi connectivity index (χ3n) is 4.70. The lowest BCUT2D eigenvalue weighted by Crippen LogP contribution is -2.41. The minimum atomic E-state index is -0.747. The monoisotopic (exact) mass is 376 g/mol. The molecule has 27 heavy (non-hydrogen) atoms. The van der Waals surface area contributed by atoms with Crippen LogP contribution >= 0.6 is 0 Å². The van der Waals surface area contributed by atoms with E-state index in [0.29, 0.717) is 11.6 Å². The second-order valence-corrected chi connectivity index (χ2v) is 6.60. The van der Waals surface area contributed by atoms with Gasteiger partial charge in [-0.3, -0.25) is 9.59 Å². The highest BCUT2D eigenvalue weighted by Gasteiger charge is 2.32. The van der Waals surface area contributed by atoms with E-state index in [1.807, 2.05) is 6.92 Å². The van der Waals surface area contributed by atoms with Crippen molar-refractivity contribution in [3.05, 3.63) is 76.6 Å². The molecule has 0 aliphatic carbocycles. The Morgan fingerprint density at radius 1 is 1.26 bits per heavy atom. The second kappa shape index (κ2) is 7.34. The van der Waals surface area contributed by atoms with Gasteiger partial charge in [0.1, 0.15) is 17.7 Å². The van der Waals surface area contributed by atoms with Crippen molar-refractivity contribution in [2.75, 3.05) is 0 Å². The van der Waals surface area contributed by atoms with Crippen molar-refractivity contribution in [2.45, 2.75) is 26.8 Å². The number of hydrogen-bond acceptors (Lipinski definition) is 3. The lowest BCUT2D eigenvalue weighted by Gasteiger charge is -2.29. The van der Waals surface area contributed by atoms with Crippen LogP contribution in [0.3, 0.4) is 0 Å². The molecule has 0 bridgehead atoms. The summed E-state index contributed by atoms with van der Waals surface area (Å²) in [7, 11) is 0. The van der Waals surface area contributed by atoms with E-state index in [9.17, 15) is 18.4 Å². The van der Waals surface area contributed by atoms with Gasteiger partial charge in [0.25, 0.3) is 0 Å². The number of benzene rings is 1. The summed E-state index contributed by atoms with van der Waals surface area (Å²) in [6.07, 6.45) is 5.16. The van der Waals surface area contributed by atoms with Crippen molar-refractivity contribution >= 4 is 11.8 Å². The predicted octanol–water partition coefficient (Wildman–Crippen LogP) is 3.25. The molecule has 0 aromatic heterocycles. The molecule has 1 radical (unpaired) electrons. The Morgan fingerprint density at radius 3 is 2.70 bits per heavy atom. The molecule has 0 saturated heterocycles. The van der Waals surface area contributed by atoms with E-state index in [1.54, 1.807) is 32.2 Å². The van der Waals surface area contributed by atoms with E-state index >= 15 is 0 Å². The van der Waals surface area contributed by atoms with Gasteiger partial charge in [-0.25, -0.2) is 8.78 Å². The smallest absolute Gasteiger partial charge is 0.249 e. The molecule has 5 nitrogen and oxygen atoms in total. The van der Waals surface area contributed by atoms with Gasteiger partial charge in [0.15, 0.2) is 0 Å². The molecule has 2 heterocycles. The summed E-state index contributed by atoms with van der Waals surface area (Å²) < 4.78 is 27.0. The fourth-order valence-corrected chi connectivity index (χ4v) is 3.06. The lowest BCUT2D eigenvalue weighted by molar-refractivity contribution is -0.126. The first kappa shape index (κ1) is 18.8. The number of carbonyl (C=O) groups is 2. The summed E-state index contributed by atoms with van der Waals surface area (Å²) in [6.45, 7) is 5.08. The predicted molar refractivity (Wildman–Crippen MR) is 101 cm³/mol. The van der Waals surface area contributed by atoms with Crippen molar-refractivity contribution < 1.29 is 21.2 Å². The van der Waals surface area contributed by atoms with Gasteiger partial charge in [-0.2, -0.15) is 0 Å². The van der Waals surface area contributed by atoms with Gasteiger partial charge in [0, 0.05) is 31.3 Å². The van der Waals surface area contributed by atoms with Crippen LogP contribution in [-0.2, 0) is 9.59 Å². The first-order valence-corrected chi connectivity index (χ1v) is 8.57. The first-order chi connectivity index (χ1) is 12.8. The van der Waals surface area contributed by atoms with E-state index in [0.717, 1.165) is 23.4 Å². The average Bonchev–Trinajstić information content (AvgIpc) is 2.60. The van der Waals surface area contributed by atoms with E-state index < -0.39 is 29.5 Å². The topological polar surface area (TPSA) is 70.2 Å². The highest BCUT2D eigenvalue weighted by molar-refractivity contribution is 6.03. The molecule has 1 aromatic rings. The molecule has 145 valence electrons. The van der Waals surface area contributed by atoms with Gasteiger partial charge < -0.3 is 16.0 Å². The second-order valence-electron chi connectivity index (χ2n) is 6.60. The SMILES string of the molecule is CC1=C2C=C([C@H](C)C(=O)N[C@@H](C)c3ccc(F)cc3F)C(=O)N[C]2C=CN1.[HH].[HH]. The number of rotatable bonds is 4. The van der Waals surface area contributed by atoms with Crippen LogP contribution in [0.25, 0.3) is 0 Å². The maximum absolute atomic E-state index is 13.9. The van der Waals surface area contributed by atoms with Crippen LogP contribution in [0, 0.1) is 23.6 Å². The molecule has 3 rings (SSSR count). The maximum atomic E-state index is 13.9. The zero-order chi connectivity index (χ0) is 19.7. The first-order valence-electron chi connectivity index (χ1n) is 8.57. The van der Waals surface area contributed by atoms with Crippen LogP contribution in [-0.4, -0.2) is 11.8 Å². The van der Waals surface area contributed by atoms with Gasteiger partial charge in [-0.15, -0.1) is 0 Å². The summed E-state index contributed by atoms with van der Waals surface area (Å²) in [4.78, 5) is 25.0. The number of allylic oxidation sites excluding steroid dienone is 1. The molecule has 2 aliphatic heterocycles.